The Kier molecular flexibility index (Phi) is 5.81. The Morgan fingerprint density at radius 2 is 2.21 bits per heavy atom. The molecule has 1 amide bonds. The Labute approximate surface area is 122 Å². The summed E-state index contributed by atoms with van der Waals surface area (Å²) >= 11 is 2.85. The van der Waals surface area contributed by atoms with Gasteiger partial charge in [-0.15, -0.1) is 16.8 Å². The van der Waals surface area contributed by atoms with Gasteiger partial charge in [0.05, 0.1) is 5.25 Å². The van der Waals surface area contributed by atoms with Crippen molar-refractivity contribution in [3.8, 4) is 0 Å². The van der Waals surface area contributed by atoms with Crippen LogP contribution in [0.15, 0.2) is 17.0 Å². The van der Waals surface area contributed by atoms with Gasteiger partial charge in [-0.25, -0.2) is 0 Å². The second-order valence-electron chi connectivity index (χ2n) is 5.04. The highest BCUT2D eigenvalue weighted by Crippen LogP contribution is 2.29. The first-order valence-corrected chi connectivity index (χ1v) is 7.68. The molecule has 0 saturated heterocycles. The second kappa shape index (κ2) is 6.91. The zero-order valence-corrected chi connectivity index (χ0v) is 13.3. The van der Waals surface area contributed by atoms with E-state index in [1.165, 1.54) is 23.1 Å². The van der Waals surface area contributed by atoms with Crippen molar-refractivity contribution < 1.29 is 4.79 Å². The van der Waals surface area contributed by atoms with E-state index in [0.717, 1.165) is 9.47 Å². The lowest BCUT2D eigenvalue weighted by atomic mass is 10.1. The molecule has 7 heteroatoms. The smallest absolute Gasteiger partial charge is 0.233 e. The van der Waals surface area contributed by atoms with Crippen LogP contribution >= 0.6 is 23.1 Å². The Morgan fingerprint density at radius 1 is 1.53 bits per heavy atom. The first kappa shape index (κ1) is 16.0. The van der Waals surface area contributed by atoms with Gasteiger partial charge in [0.2, 0.25) is 11.0 Å². The molecule has 0 radical (unpaired) electrons. The average Bonchev–Trinajstić information content (AvgIpc) is 2.71. The van der Waals surface area contributed by atoms with E-state index in [1.807, 2.05) is 27.7 Å². The molecule has 0 aliphatic rings. The SMILES string of the molecule is C=CCNc1nnc(S[C@H](C)C(=O)NC(C)(C)C)s1. The number of hydrogen-bond acceptors (Lipinski definition) is 6. The molecule has 0 fully saturated rings. The minimum absolute atomic E-state index is 0.00769. The number of rotatable bonds is 6. The number of amides is 1. The van der Waals surface area contributed by atoms with Gasteiger partial charge >= 0.3 is 0 Å². The molecule has 0 aromatic carbocycles. The van der Waals surface area contributed by atoms with E-state index in [1.54, 1.807) is 6.08 Å². The molecule has 19 heavy (non-hydrogen) atoms. The van der Waals surface area contributed by atoms with E-state index in [2.05, 4.69) is 27.4 Å². The van der Waals surface area contributed by atoms with E-state index >= 15 is 0 Å². The molecule has 0 aliphatic carbocycles. The molecule has 0 bridgehead atoms. The lowest BCUT2D eigenvalue weighted by Crippen LogP contribution is -2.44. The van der Waals surface area contributed by atoms with Crippen LogP contribution in [0.5, 0.6) is 0 Å². The summed E-state index contributed by atoms with van der Waals surface area (Å²) in [6, 6.07) is 0. The molecule has 1 atom stereocenters. The van der Waals surface area contributed by atoms with Crippen LogP contribution in [0.3, 0.4) is 0 Å². The fraction of sp³-hybridized carbons (Fsp3) is 0.583. The lowest BCUT2D eigenvalue weighted by Gasteiger charge is -2.22. The third kappa shape index (κ3) is 6.07. The van der Waals surface area contributed by atoms with Gasteiger partial charge in [-0.3, -0.25) is 4.79 Å². The molecular weight excluding hydrogens is 280 g/mol. The summed E-state index contributed by atoms with van der Waals surface area (Å²) in [5.74, 6) is 0.00769. The van der Waals surface area contributed by atoms with Crippen molar-refractivity contribution in [2.75, 3.05) is 11.9 Å². The maximum absolute atomic E-state index is 11.9. The van der Waals surface area contributed by atoms with Gasteiger partial charge in [-0.05, 0) is 27.7 Å². The van der Waals surface area contributed by atoms with Crippen molar-refractivity contribution in [3.05, 3.63) is 12.7 Å². The van der Waals surface area contributed by atoms with Crippen molar-refractivity contribution >= 4 is 34.1 Å². The normalized spacial score (nSPS) is 12.8. The van der Waals surface area contributed by atoms with Crippen LogP contribution in [-0.4, -0.2) is 33.4 Å². The largest absolute Gasteiger partial charge is 0.357 e. The van der Waals surface area contributed by atoms with Gasteiger partial charge < -0.3 is 10.6 Å². The molecule has 1 aromatic heterocycles. The van der Waals surface area contributed by atoms with Gasteiger partial charge in [-0.2, -0.15) is 0 Å². The summed E-state index contributed by atoms with van der Waals surface area (Å²) in [4.78, 5) is 11.9. The molecule has 0 unspecified atom stereocenters. The molecule has 0 spiro atoms. The third-order valence-corrected chi connectivity index (χ3v) is 4.01. The maximum atomic E-state index is 11.9. The highest BCUT2D eigenvalue weighted by molar-refractivity contribution is 8.02. The van der Waals surface area contributed by atoms with Crippen LogP contribution in [0.4, 0.5) is 5.13 Å². The zero-order chi connectivity index (χ0) is 14.5. The van der Waals surface area contributed by atoms with E-state index in [9.17, 15) is 4.79 Å². The predicted molar refractivity (Wildman–Crippen MR) is 81.8 cm³/mol. The standard InChI is InChI=1S/C12H20N4OS2/c1-6-7-13-10-15-16-11(19-10)18-8(2)9(17)14-12(3,4)5/h6,8H,1,7H2,2-5H3,(H,13,15)(H,14,17)/t8-/m1/s1. The molecule has 0 aliphatic heterocycles. The minimum Gasteiger partial charge on any atom is -0.357 e. The fourth-order valence-electron chi connectivity index (χ4n) is 1.16. The Hall–Kier alpha value is -1.08. The molecule has 0 saturated carbocycles. The topological polar surface area (TPSA) is 66.9 Å². The van der Waals surface area contributed by atoms with Crippen LogP contribution < -0.4 is 10.6 Å². The minimum atomic E-state index is -0.219. The van der Waals surface area contributed by atoms with Crippen LogP contribution in [0.1, 0.15) is 27.7 Å². The van der Waals surface area contributed by atoms with Crippen molar-refractivity contribution in [1.82, 2.24) is 15.5 Å². The van der Waals surface area contributed by atoms with Crippen molar-refractivity contribution in [3.63, 3.8) is 0 Å². The Bertz CT molecular complexity index is 439. The number of aromatic nitrogens is 2. The highest BCUT2D eigenvalue weighted by atomic mass is 32.2. The van der Waals surface area contributed by atoms with Crippen molar-refractivity contribution in [2.45, 2.75) is 42.8 Å². The van der Waals surface area contributed by atoms with Crippen molar-refractivity contribution in [2.24, 2.45) is 0 Å². The number of carbonyl (C=O) groups excluding carboxylic acids is 1. The quantitative estimate of drug-likeness (QED) is 0.624. The summed E-state index contributed by atoms with van der Waals surface area (Å²) in [5, 5.41) is 14.6. The van der Waals surface area contributed by atoms with E-state index in [4.69, 9.17) is 0 Å². The fourth-order valence-corrected chi connectivity index (χ4v) is 3.07. The summed E-state index contributed by atoms with van der Waals surface area (Å²) in [5.41, 5.74) is -0.219. The summed E-state index contributed by atoms with van der Waals surface area (Å²) < 4.78 is 0.781. The number of thioether (sulfide) groups is 1. The number of nitrogens with zero attached hydrogens (tertiary/aromatic N) is 2. The molecule has 1 heterocycles. The van der Waals surface area contributed by atoms with Gasteiger partial charge in [0.15, 0.2) is 4.34 Å². The number of hydrogen-bond donors (Lipinski definition) is 2. The van der Waals surface area contributed by atoms with E-state index in [0.29, 0.717) is 6.54 Å². The van der Waals surface area contributed by atoms with Crippen molar-refractivity contribution in [1.29, 1.82) is 0 Å². The van der Waals surface area contributed by atoms with Crippen LogP contribution in [0.25, 0.3) is 0 Å². The summed E-state index contributed by atoms with van der Waals surface area (Å²) in [7, 11) is 0. The van der Waals surface area contributed by atoms with Gasteiger partial charge in [0, 0.05) is 12.1 Å². The summed E-state index contributed by atoms with van der Waals surface area (Å²) in [6.07, 6.45) is 1.76. The highest BCUT2D eigenvalue weighted by Gasteiger charge is 2.21. The molecule has 5 nitrogen and oxygen atoms in total. The summed E-state index contributed by atoms with van der Waals surface area (Å²) in [6.45, 7) is 12.0. The lowest BCUT2D eigenvalue weighted by molar-refractivity contribution is -0.121. The Morgan fingerprint density at radius 3 is 2.79 bits per heavy atom. The average molecular weight is 300 g/mol. The van der Waals surface area contributed by atoms with E-state index < -0.39 is 0 Å². The number of nitrogens with one attached hydrogen (secondary N) is 2. The second-order valence-corrected chi connectivity index (χ2v) is 7.61. The first-order chi connectivity index (χ1) is 8.81. The molecule has 1 aromatic rings. The maximum Gasteiger partial charge on any atom is 0.233 e. The molecule has 2 N–H and O–H groups in total. The van der Waals surface area contributed by atoms with Crippen LogP contribution in [-0.2, 0) is 4.79 Å². The first-order valence-electron chi connectivity index (χ1n) is 5.99. The molecular formula is C12H20N4OS2. The van der Waals surface area contributed by atoms with Crippen LogP contribution in [0.2, 0.25) is 0 Å². The van der Waals surface area contributed by atoms with Gasteiger partial charge in [-0.1, -0.05) is 29.2 Å². The zero-order valence-electron chi connectivity index (χ0n) is 11.7. The van der Waals surface area contributed by atoms with Gasteiger partial charge in [0.25, 0.3) is 0 Å². The van der Waals surface area contributed by atoms with E-state index in [-0.39, 0.29) is 16.7 Å². The Balaban J connectivity index is 2.52. The number of carbonyl (C=O) groups is 1. The third-order valence-electron chi connectivity index (χ3n) is 1.95. The van der Waals surface area contributed by atoms with Gasteiger partial charge in [0.1, 0.15) is 0 Å². The number of anilines is 1. The molecule has 106 valence electrons. The molecule has 1 rings (SSSR count). The predicted octanol–water partition coefficient (Wildman–Crippen LogP) is 2.53. The van der Waals surface area contributed by atoms with Crippen LogP contribution in [0, 0.1) is 0 Å². The monoisotopic (exact) mass is 300 g/mol.